The van der Waals surface area contributed by atoms with Crippen LogP contribution in [0.15, 0.2) is 36.5 Å². The molecule has 1 saturated heterocycles. The van der Waals surface area contributed by atoms with E-state index in [4.69, 9.17) is 19.3 Å². The van der Waals surface area contributed by atoms with Gasteiger partial charge in [0.05, 0.1) is 49.0 Å². The van der Waals surface area contributed by atoms with Gasteiger partial charge in [0, 0.05) is 12.0 Å². The molecule has 2 aromatic carbocycles. The maximum absolute atomic E-state index is 13.9. The number of rotatable bonds is 8. The Balaban J connectivity index is 1.63. The number of methoxy groups -OCH3 is 1. The highest BCUT2D eigenvalue weighted by Gasteiger charge is 2.31. The van der Waals surface area contributed by atoms with Crippen molar-refractivity contribution < 1.29 is 32.9 Å². The molecule has 0 bridgehead atoms. The summed E-state index contributed by atoms with van der Waals surface area (Å²) in [4.78, 5) is 13.2. The van der Waals surface area contributed by atoms with E-state index < -0.39 is 24.5 Å². The van der Waals surface area contributed by atoms with Gasteiger partial charge in [0.25, 0.3) is 11.8 Å². The van der Waals surface area contributed by atoms with Gasteiger partial charge in [-0.3, -0.25) is 9.89 Å². The first kappa shape index (κ1) is 22.9. The third kappa shape index (κ3) is 4.62. The minimum atomic E-state index is -3.37. The van der Waals surface area contributed by atoms with Crippen LogP contribution in [0.3, 0.4) is 0 Å². The third-order valence-electron chi connectivity index (χ3n) is 5.64. The Labute approximate surface area is 188 Å². The minimum Gasteiger partial charge on any atom is -0.492 e. The van der Waals surface area contributed by atoms with E-state index in [0.717, 1.165) is 6.42 Å². The maximum atomic E-state index is 13.9. The van der Waals surface area contributed by atoms with E-state index >= 15 is 0 Å². The molecule has 3 N–H and O–H groups in total. The minimum absolute atomic E-state index is 0.158. The van der Waals surface area contributed by atoms with Crippen LogP contribution in [0.5, 0.6) is 11.5 Å². The summed E-state index contributed by atoms with van der Waals surface area (Å²) in [6.07, 6.45) is 2.11. The largest absolute Gasteiger partial charge is 0.492 e. The highest BCUT2D eigenvalue weighted by molar-refractivity contribution is 6.08. The molecule has 0 saturated carbocycles. The number of ether oxygens (including phenoxy) is 3. The zero-order valence-electron chi connectivity index (χ0n) is 18.2. The molecule has 1 fully saturated rings. The van der Waals surface area contributed by atoms with Crippen molar-refractivity contribution >= 4 is 16.8 Å². The van der Waals surface area contributed by atoms with Crippen molar-refractivity contribution in [3.8, 4) is 11.5 Å². The van der Waals surface area contributed by atoms with E-state index in [1.165, 1.54) is 25.3 Å². The zero-order chi connectivity index (χ0) is 23.6. The molecule has 1 aromatic heterocycles. The van der Waals surface area contributed by atoms with E-state index in [1.54, 1.807) is 25.3 Å². The topological polar surface area (TPSA) is 106 Å². The van der Waals surface area contributed by atoms with E-state index in [9.17, 15) is 13.6 Å². The molecule has 0 unspecified atom stereocenters. The van der Waals surface area contributed by atoms with Crippen LogP contribution < -0.4 is 14.8 Å². The molecule has 1 aliphatic heterocycles. The Morgan fingerprint density at radius 2 is 2.24 bits per heavy atom. The second kappa shape index (κ2) is 9.32. The Morgan fingerprint density at radius 3 is 2.94 bits per heavy atom. The predicted molar refractivity (Wildman–Crippen MR) is 116 cm³/mol. The summed E-state index contributed by atoms with van der Waals surface area (Å²) in [5, 5.41) is 19.2. The number of aromatic nitrogens is 2. The molecular weight excluding hydrogens is 436 g/mol. The van der Waals surface area contributed by atoms with Gasteiger partial charge in [-0.15, -0.1) is 0 Å². The molecule has 2 atom stereocenters. The highest BCUT2D eigenvalue weighted by atomic mass is 19.3. The quantitative estimate of drug-likeness (QED) is 0.475. The predicted octanol–water partition coefficient (Wildman–Crippen LogP) is 3.31. The molecule has 10 heteroatoms. The summed E-state index contributed by atoms with van der Waals surface area (Å²) in [7, 11) is 1.51. The Hall–Kier alpha value is -3.24. The number of aliphatic hydroxyl groups is 1. The van der Waals surface area contributed by atoms with Gasteiger partial charge in [-0.1, -0.05) is 18.2 Å². The average molecular weight is 461 g/mol. The molecule has 0 aliphatic carbocycles. The number of hydrogen-bond acceptors (Lipinski definition) is 6. The molecule has 2 heterocycles. The zero-order valence-corrected chi connectivity index (χ0v) is 18.2. The Kier molecular flexibility index (Phi) is 6.48. The van der Waals surface area contributed by atoms with E-state index in [-0.39, 0.29) is 17.2 Å². The van der Waals surface area contributed by atoms with Crippen LogP contribution in [-0.4, -0.2) is 54.2 Å². The van der Waals surface area contributed by atoms with Crippen molar-refractivity contribution in [2.24, 2.45) is 0 Å². The summed E-state index contributed by atoms with van der Waals surface area (Å²) in [6.45, 7) is 1.44. The van der Waals surface area contributed by atoms with Crippen molar-refractivity contribution in [2.45, 2.75) is 31.4 Å². The number of amides is 1. The number of benzene rings is 2. The first-order valence-corrected chi connectivity index (χ1v) is 10.5. The first-order chi connectivity index (χ1) is 15.8. The second-order valence-electron chi connectivity index (χ2n) is 7.90. The van der Waals surface area contributed by atoms with Crippen molar-refractivity contribution in [2.75, 3.05) is 26.9 Å². The average Bonchev–Trinajstić information content (AvgIpc) is 3.51. The van der Waals surface area contributed by atoms with Gasteiger partial charge >= 0.3 is 0 Å². The van der Waals surface area contributed by atoms with E-state index in [0.29, 0.717) is 41.2 Å². The monoisotopic (exact) mass is 461 g/mol. The van der Waals surface area contributed by atoms with Crippen LogP contribution in [0.2, 0.25) is 0 Å². The van der Waals surface area contributed by atoms with Crippen LogP contribution in [-0.2, 0) is 10.7 Å². The Morgan fingerprint density at radius 1 is 1.42 bits per heavy atom. The van der Waals surface area contributed by atoms with Crippen LogP contribution in [0, 0.1) is 0 Å². The van der Waals surface area contributed by atoms with Gasteiger partial charge in [0.1, 0.15) is 12.7 Å². The summed E-state index contributed by atoms with van der Waals surface area (Å²) >= 11 is 0. The number of aliphatic hydroxyl groups excluding tert-OH is 1. The number of carbonyl (C=O) groups excluding carboxylic acids is 1. The molecule has 3 aromatic rings. The molecule has 33 heavy (non-hydrogen) atoms. The van der Waals surface area contributed by atoms with Gasteiger partial charge in [-0.25, -0.2) is 0 Å². The van der Waals surface area contributed by atoms with E-state index in [2.05, 4.69) is 15.5 Å². The van der Waals surface area contributed by atoms with Crippen LogP contribution >= 0.6 is 0 Å². The number of fused-ring (bicyclic) bond motifs is 1. The lowest BCUT2D eigenvalue weighted by atomic mass is 10.0. The standard InChI is InChI=1S/C23H25F2N3O5/c1-13(14-4-3-5-15(8-14)23(24,25)12-29)27-22(30)17-9-19(33-16-6-7-32-11-16)21(31-2)18-10-26-28-20(17)18/h3-5,8-10,13,16,29H,6-7,11-12H2,1-2H3,(H,26,28)(H,27,30)/t13-,16+/m1/s1. The molecule has 176 valence electrons. The fraction of sp³-hybridized carbons (Fsp3) is 0.391. The fourth-order valence-corrected chi connectivity index (χ4v) is 3.81. The molecule has 1 amide bonds. The molecule has 0 radical (unpaired) electrons. The summed E-state index contributed by atoms with van der Waals surface area (Å²) < 4.78 is 44.7. The number of halogens is 2. The molecular formula is C23H25F2N3O5. The van der Waals surface area contributed by atoms with E-state index in [1.807, 2.05) is 0 Å². The van der Waals surface area contributed by atoms with Gasteiger partial charge in [0.15, 0.2) is 11.5 Å². The van der Waals surface area contributed by atoms with Gasteiger partial charge in [-0.2, -0.15) is 13.9 Å². The summed E-state index contributed by atoms with van der Waals surface area (Å²) in [5.41, 5.74) is 0.898. The number of nitrogens with one attached hydrogen (secondary N) is 2. The van der Waals surface area contributed by atoms with Crippen molar-refractivity contribution in [1.82, 2.24) is 15.5 Å². The van der Waals surface area contributed by atoms with Crippen molar-refractivity contribution in [3.05, 3.63) is 53.2 Å². The number of carbonyl (C=O) groups is 1. The SMILES string of the molecule is COc1c(O[C@H]2CCOC2)cc(C(=O)N[C@H](C)c2cccc(C(F)(F)CO)c2)c2[nH]ncc12. The lowest BCUT2D eigenvalue weighted by molar-refractivity contribution is -0.0556. The number of nitrogens with zero attached hydrogens (tertiary/aromatic N) is 1. The Bertz CT molecular complexity index is 1140. The lowest BCUT2D eigenvalue weighted by Crippen LogP contribution is -2.27. The smallest absolute Gasteiger partial charge is 0.295 e. The maximum Gasteiger partial charge on any atom is 0.295 e. The van der Waals surface area contributed by atoms with Crippen molar-refractivity contribution in [3.63, 3.8) is 0 Å². The number of aromatic amines is 1. The van der Waals surface area contributed by atoms with Crippen LogP contribution in [0.4, 0.5) is 8.78 Å². The van der Waals surface area contributed by atoms with Gasteiger partial charge < -0.3 is 24.6 Å². The third-order valence-corrected chi connectivity index (χ3v) is 5.64. The first-order valence-electron chi connectivity index (χ1n) is 10.5. The number of alkyl halides is 2. The van der Waals surface area contributed by atoms with Crippen LogP contribution in [0.25, 0.3) is 10.9 Å². The lowest BCUT2D eigenvalue weighted by Gasteiger charge is -2.20. The highest BCUT2D eigenvalue weighted by Crippen LogP contribution is 2.38. The number of hydrogen-bond donors (Lipinski definition) is 3. The van der Waals surface area contributed by atoms with Crippen LogP contribution in [0.1, 0.15) is 40.9 Å². The molecule has 4 rings (SSSR count). The van der Waals surface area contributed by atoms with Crippen molar-refractivity contribution in [1.29, 1.82) is 0 Å². The fourth-order valence-electron chi connectivity index (χ4n) is 3.81. The second-order valence-corrected chi connectivity index (χ2v) is 7.90. The molecule has 8 nitrogen and oxygen atoms in total. The normalized spacial score (nSPS) is 17.2. The molecule has 0 spiro atoms. The number of H-pyrrole nitrogens is 1. The van der Waals surface area contributed by atoms with Gasteiger partial charge in [0.2, 0.25) is 0 Å². The summed E-state index contributed by atoms with van der Waals surface area (Å²) in [6, 6.07) is 6.61. The molecule has 1 aliphatic rings. The van der Waals surface area contributed by atoms with Gasteiger partial charge in [-0.05, 0) is 24.6 Å². The summed E-state index contributed by atoms with van der Waals surface area (Å²) in [5.74, 6) is -2.96.